The smallest absolute Gasteiger partial charge is 0.256 e. The number of hydrogen-bond acceptors (Lipinski definition) is 3. The molecule has 2 rings (SSSR count). The number of pyridine rings is 1. The van der Waals surface area contributed by atoms with E-state index in [0.717, 1.165) is 12.8 Å². The highest BCUT2D eigenvalue weighted by molar-refractivity contribution is 6.41. The van der Waals surface area contributed by atoms with Crippen LogP contribution in [0, 0.1) is 11.3 Å². The van der Waals surface area contributed by atoms with Crippen LogP contribution < -0.4 is 0 Å². The standard InChI is InChI=1S/C13H13Cl2N3O/c1-13(2,7-16)18(9-3-4-9)12(19)8-5-10(14)11(15)17-6-8/h5-6,9H,3-4H2,1-2H3. The van der Waals surface area contributed by atoms with E-state index in [1.54, 1.807) is 18.7 Å². The van der Waals surface area contributed by atoms with Crippen LogP contribution >= 0.6 is 23.2 Å². The molecule has 0 N–H and O–H groups in total. The van der Waals surface area contributed by atoms with Gasteiger partial charge in [-0.3, -0.25) is 4.79 Å². The third-order valence-electron chi connectivity index (χ3n) is 3.05. The van der Waals surface area contributed by atoms with Gasteiger partial charge in [0.1, 0.15) is 10.7 Å². The molecule has 100 valence electrons. The van der Waals surface area contributed by atoms with E-state index in [9.17, 15) is 10.1 Å². The van der Waals surface area contributed by atoms with E-state index in [4.69, 9.17) is 23.2 Å². The molecule has 1 heterocycles. The zero-order valence-electron chi connectivity index (χ0n) is 10.7. The minimum atomic E-state index is -0.857. The van der Waals surface area contributed by atoms with Gasteiger partial charge in [0, 0.05) is 12.2 Å². The zero-order chi connectivity index (χ0) is 14.2. The monoisotopic (exact) mass is 297 g/mol. The average molecular weight is 298 g/mol. The highest BCUT2D eigenvalue weighted by Crippen LogP contribution is 2.34. The van der Waals surface area contributed by atoms with Crippen molar-refractivity contribution in [2.45, 2.75) is 38.3 Å². The van der Waals surface area contributed by atoms with Crippen molar-refractivity contribution in [2.24, 2.45) is 0 Å². The number of nitrogens with zero attached hydrogens (tertiary/aromatic N) is 3. The Labute approximate surface area is 121 Å². The van der Waals surface area contributed by atoms with E-state index in [-0.39, 0.29) is 22.1 Å². The Balaban J connectivity index is 2.35. The number of carbonyl (C=O) groups excluding carboxylic acids is 1. The summed E-state index contributed by atoms with van der Waals surface area (Å²) in [5.41, 5.74) is -0.505. The summed E-state index contributed by atoms with van der Waals surface area (Å²) in [5.74, 6) is -0.236. The predicted octanol–water partition coefficient (Wildman–Crippen LogP) is 3.30. The fraction of sp³-hybridized carbons (Fsp3) is 0.462. The van der Waals surface area contributed by atoms with Gasteiger partial charge in [0.2, 0.25) is 0 Å². The van der Waals surface area contributed by atoms with E-state index >= 15 is 0 Å². The second-order valence-electron chi connectivity index (χ2n) is 5.07. The topological polar surface area (TPSA) is 57.0 Å². The average Bonchev–Trinajstić information content (AvgIpc) is 3.17. The van der Waals surface area contributed by atoms with Gasteiger partial charge in [-0.15, -0.1) is 0 Å². The first kappa shape index (κ1) is 14.1. The third-order valence-corrected chi connectivity index (χ3v) is 3.74. The van der Waals surface area contributed by atoms with Gasteiger partial charge in [-0.1, -0.05) is 23.2 Å². The summed E-state index contributed by atoms with van der Waals surface area (Å²) in [5, 5.41) is 9.63. The largest absolute Gasteiger partial charge is 0.317 e. The summed E-state index contributed by atoms with van der Waals surface area (Å²) in [6, 6.07) is 3.78. The van der Waals surface area contributed by atoms with Crippen LogP contribution in [0.1, 0.15) is 37.0 Å². The molecule has 0 saturated heterocycles. The molecule has 1 aromatic heterocycles. The molecule has 0 atom stereocenters. The van der Waals surface area contributed by atoms with E-state index in [0.29, 0.717) is 5.56 Å². The summed E-state index contributed by atoms with van der Waals surface area (Å²) < 4.78 is 0. The van der Waals surface area contributed by atoms with Crippen LogP contribution in [0.25, 0.3) is 0 Å². The lowest BCUT2D eigenvalue weighted by Gasteiger charge is -2.33. The first-order chi connectivity index (χ1) is 8.86. The minimum absolute atomic E-state index is 0.122. The van der Waals surface area contributed by atoms with E-state index < -0.39 is 5.54 Å². The molecule has 19 heavy (non-hydrogen) atoms. The lowest BCUT2D eigenvalue weighted by atomic mass is 10.0. The third kappa shape index (κ3) is 2.83. The molecule has 1 aliphatic carbocycles. The first-order valence-corrected chi connectivity index (χ1v) is 6.68. The van der Waals surface area contributed by atoms with Crippen molar-refractivity contribution >= 4 is 29.1 Å². The number of rotatable bonds is 3. The van der Waals surface area contributed by atoms with Crippen LogP contribution in [0.5, 0.6) is 0 Å². The summed E-state index contributed by atoms with van der Waals surface area (Å²) >= 11 is 11.6. The molecule has 1 aliphatic rings. The maximum atomic E-state index is 12.5. The van der Waals surface area contributed by atoms with Crippen molar-refractivity contribution in [3.8, 4) is 6.07 Å². The Hall–Kier alpha value is -1.31. The van der Waals surface area contributed by atoms with Crippen LogP contribution in [-0.2, 0) is 0 Å². The highest BCUT2D eigenvalue weighted by Gasteiger charge is 2.42. The summed E-state index contributed by atoms with van der Waals surface area (Å²) in [6.45, 7) is 3.46. The minimum Gasteiger partial charge on any atom is -0.317 e. The maximum Gasteiger partial charge on any atom is 0.256 e. The normalized spacial score (nSPS) is 14.9. The fourth-order valence-electron chi connectivity index (χ4n) is 1.94. The zero-order valence-corrected chi connectivity index (χ0v) is 12.2. The van der Waals surface area contributed by atoms with Crippen molar-refractivity contribution in [3.63, 3.8) is 0 Å². The van der Waals surface area contributed by atoms with E-state index in [1.165, 1.54) is 12.3 Å². The number of nitriles is 1. The molecule has 0 radical (unpaired) electrons. The molecule has 0 aliphatic heterocycles. The van der Waals surface area contributed by atoms with Crippen LogP contribution in [0.2, 0.25) is 10.2 Å². The van der Waals surface area contributed by atoms with Crippen molar-refractivity contribution in [2.75, 3.05) is 0 Å². The highest BCUT2D eigenvalue weighted by atomic mass is 35.5. The van der Waals surface area contributed by atoms with E-state index in [1.807, 2.05) is 0 Å². The number of hydrogen-bond donors (Lipinski definition) is 0. The molecular formula is C13H13Cl2N3O. The van der Waals surface area contributed by atoms with Crippen molar-refractivity contribution < 1.29 is 4.79 Å². The Morgan fingerprint density at radius 3 is 2.63 bits per heavy atom. The summed E-state index contributed by atoms with van der Waals surface area (Å²) in [7, 11) is 0. The van der Waals surface area contributed by atoms with Crippen LogP contribution in [0.15, 0.2) is 12.3 Å². The van der Waals surface area contributed by atoms with Gasteiger partial charge in [-0.25, -0.2) is 4.98 Å². The second kappa shape index (κ2) is 4.99. The van der Waals surface area contributed by atoms with Crippen LogP contribution in [0.3, 0.4) is 0 Å². The number of aromatic nitrogens is 1. The Kier molecular flexibility index (Phi) is 3.71. The van der Waals surface area contributed by atoms with Crippen molar-refractivity contribution in [1.29, 1.82) is 5.26 Å². The molecule has 0 bridgehead atoms. The molecular weight excluding hydrogens is 285 g/mol. The molecule has 0 unspecified atom stereocenters. The fourth-order valence-corrected chi connectivity index (χ4v) is 2.21. The predicted molar refractivity (Wildman–Crippen MR) is 73.1 cm³/mol. The molecule has 4 nitrogen and oxygen atoms in total. The molecule has 0 spiro atoms. The number of amides is 1. The van der Waals surface area contributed by atoms with Gasteiger partial charge in [0.15, 0.2) is 0 Å². The molecule has 6 heteroatoms. The quantitative estimate of drug-likeness (QED) is 0.804. The van der Waals surface area contributed by atoms with Gasteiger partial charge >= 0.3 is 0 Å². The Morgan fingerprint density at radius 1 is 1.53 bits per heavy atom. The maximum absolute atomic E-state index is 12.5. The van der Waals surface area contributed by atoms with Gasteiger partial charge in [-0.2, -0.15) is 5.26 Å². The van der Waals surface area contributed by atoms with Gasteiger partial charge < -0.3 is 4.90 Å². The molecule has 1 fully saturated rings. The van der Waals surface area contributed by atoms with Gasteiger partial charge in [0.25, 0.3) is 5.91 Å². The Bertz CT molecular complexity index is 561. The lowest BCUT2D eigenvalue weighted by molar-refractivity contribution is 0.0614. The molecule has 1 saturated carbocycles. The number of halogens is 2. The lowest BCUT2D eigenvalue weighted by Crippen LogP contribution is -2.48. The second-order valence-corrected chi connectivity index (χ2v) is 5.84. The SMILES string of the molecule is CC(C)(C#N)N(C(=O)c1cnc(Cl)c(Cl)c1)C1CC1. The van der Waals surface area contributed by atoms with E-state index in [2.05, 4.69) is 11.1 Å². The summed E-state index contributed by atoms with van der Waals surface area (Å²) in [4.78, 5) is 18.0. The van der Waals surface area contributed by atoms with Crippen molar-refractivity contribution in [3.05, 3.63) is 28.0 Å². The van der Waals surface area contributed by atoms with Crippen molar-refractivity contribution in [1.82, 2.24) is 9.88 Å². The molecule has 1 amide bonds. The number of carbonyl (C=O) groups is 1. The van der Waals surface area contributed by atoms with Crippen LogP contribution in [0.4, 0.5) is 0 Å². The summed E-state index contributed by atoms with van der Waals surface area (Å²) in [6.07, 6.45) is 3.23. The van der Waals surface area contributed by atoms with Crippen LogP contribution in [-0.4, -0.2) is 27.4 Å². The first-order valence-electron chi connectivity index (χ1n) is 5.93. The van der Waals surface area contributed by atoms with Gasteiger partial charge in [-0.05, 0) is 32.8 Å². The Morgan fingerprint density at radius 2 is 2.16 bits per heavy atom. The molecule has 0 aromatic carbocycles. The molecule has 1 aromatic rings. The van der Waals surface area contributed by atoms with Gasteiger partial charge in [0.05, 0.1) is 16.7 Å².